The van der Waals surface area contributed by atoms with E-state index in [4.69, 9.17) is 14.5 Å². The smallest absolute Gasteiger partial charge is 0.254 e. The van der Waals surface area contributed by atoms with Gasteiger partial charge in [0, 0.05) is 38.4 Å². The van der Waals surface area contributed by atoms with Crippen LogP contribution in [-0.4, -0.2) is 78.5 Å². The summed E-state index contributed by atoms with van der Waals surface area (Å²) in [5, 5.41) is 15.3. The van der Waals surface area contributed by atoms with E-state index in [1.165, 1.54) is 12.1 Å². The van der Waals surface area contributed by atoms with Crippen molar-refractivity contribution in [1.82, 2.24) is 15.3 Å². The summed E-state index contributed by atoms with van der Waals surface area (Å²) in [6.45, 7) is 2.78. The van der Waals surface area contributed by atoms with Crippen molar-refractivity contribution in [2.24, 2.45) is 0 Å². The number of ether oxygens (including phenoxy) is 2. The number of carbonyl (C=O) groups excluding carboxylic acids is 2. The average Bonchev–Trinajstić information content (AvgIpc) is 3.49. The van der Waals surface area contributed by atoms with Crippen molar-refractivity contribution >= 4 is 35.0 Å². The highest BCUT2D eigenvalue weighted by Gasteiger charge is 2.41. The number of carbonyl (C=O) groups is 2. The first-order valence-electron chi connectivity index (χ1n) is 14.1. The molecule has 0 spiro atoms. The molecule has 3 N–H and O–H groups in total. The molecule has 40 heavy (non-hydrogen) atoms. The number of amides is 2. The van der Waals surface area contributed by atoms with E-state index in [-0.39, 0.29) is 60.2 Å². The molecule has 2 aliphatic heterocycles. The normalized spacial score (nSPS) is 20.0. The Labute approximate surface area is 233 Å². The molecule has 5 rings (SSSR count). The van der Waals surface area contributed by atoms with Crippen molar-refractivity contribution in [3.05, 3.63) is 29.7 Å². The highest BCUT2D eigenvalue weighted by molar-refractivity contribution is 6.04. The van der Waals surface area contributed by atoms with E-state index in [9.17, 15) is 14.7 Å². The van der Waals surface area contributed by atoms with Crippen molar-refractivity contribution in [2.45, 2.75) is 70.0 Å². The molecule has 0 bridgehead atoms. The third-order valence-electron chi connectivity index (χ3n) is 7.88. The van der Waals surface area contributed by atoms with E-state index >= 15 is 4.39 Å². The van der Waals surface area contributed by atoms with Crippen molar-refractivity contribution in [1.29, 1.82) is 0 Å². The number of benzene rings is 1. The van der Waals surface area contributed by atoms with Crippen LogP contribution in [-0.2, 0) is 9.53 Å². The van der Waals surface area contributed by atoms with Gasteiger partial charge >= 0.3 is 0 Å². The summed E-state index contributed by atoms with van der Waals surface area (Å²) >= 11 is 0. The van der Waals surface area contributed by atoms with Gasteiger partial charge in [-0.2, -0.15) is 4.98 Å². The number of nitrogens with zero attached hydrogens (tertiary/aromatic N) is 4. The first-order valence-corrected chi connectivity index (χ1v) is 14.1. The van der Waals surface area contributed by atoms with Gasteiger partial charge in [-0.3, -0.25) is 9.59 Å². The van der Waals surface area contributed by atoms with Gasteiger partial charge in [-0.15, -0.1) is 0 Å². The zero-order valence-corrected chi connectivity index (χ0v) is 23.0. The Morgan fingerprint density at radius 1 is 1.23 bits per heavy atom. The van der Waals surface area contributed by atoms with Crippen LogP contribution in [0.2, 0.25) is 0 Å². The van der Waals surface area contributed by atoms with Crippen LogP contribution in [0.4, 0.5) is 27.5 Å². The maximum atomic E-state index is 15.3. The molecule has 12 heteroatoms. The van der Waals surface area contributed by atoms with Crippen molar-refractivity contribution in [3.63, 3.8) is 0 Å². The molecule has 1 aromatic carbocycles. The van der Waals surface area contributed by atoms with E-state index in [0.717, 1.165) is 25.7 Å². The first kappa shape index (κ1) is 28.0. The zero-order chi connectivity index (χ0) is 28.2. The number of nitrogens with one attached hydrogen (secondary N) is 2. The van der Waals surface area contributed by atoms with Crippen LogP contribution in [0.15, 0.2) is 18.3 Å². The lowest BCUT2D eigenvalue weighted by molar-refractivity contribution is -0.120. The summed E-state index contributed by atoms with van der Waals surface area (Å²) in [5.41, 5.74) is 0.679. The number of anilines is 4. The summed E-state index contributed by atoms with van der Waals surface area (Å²) in [6, 6.07) is 2.29. The number of hydrogen-bond donors (Lipinski definition) is 3. The Morgan fingerprint density at radius 2 is 1.98 bits per heavy atom. The molecule has 1 aromatic heterocycles. The topological polar surface area (TPSA) is 129 Å². The van der Waals surface area contributed by atoms with Crippen LogP contribution < -0.4 is 25.2 Å². The maximum absolute atomic E-state index is 15.3. The molecule has 2 aromatic rings. The molecular weight excluding hydrogens is 519 g/mol. The molecule has 2 fully saturated rings. The molecule has 1 aliphatic carbocycles. The summed E-state index contributed by atoms with van der Waals surface area (Å²) in [7, 11) is 1.73. The number of fused-ring (bicyclic) bond motifs is 1. The molecule has 1 saturated heterocycles. The average molecular weight is 557 g/mol. The fourth-order valence-electron chi connectivity index (χ4n) is 5.77. The Bertz CT molecular complexity index is 1230. The number of aromatic nitrogens is 2. The van der Waals surface area contributed by atoms with Gasteiger partial charge in [-0.1, -0.05) is 19.8 Å². The van der Waals surface area contributed by atoms with Crippen LogP contribution >= 0.6 is 0 Å². The monoisotopic (exact) mass is 556 g/mol. The second kappa shape index (κ2) is 12.3. The molecular formula is C28H37FN6O5. The molecule has 216 valence electrons. The molecule has 1 atom stereocenters. The van der Waals surface area contributed by atoms with Crippen LogP contribution in [0.3, 0.4) is 0 Å². The van der Waals surface area contributed by atoms with Crippen molar-refractivity contribution in [2.75, 3.05) is 48.6 Å². The van der Waals surface area contributed by atoms with Crippen molar-refractivity contribution < 1.29 is 28.6 Å². The number of aliphatic hydroxyl groups excluding tert-OH is 1. The van der Waals surface area contributed by atoms with Gasteiger partial charge in [-0.05, 0) is 38.2 Å². The molecule has 0 unspecified atom stereocenters. The number of likely N-dealkylation sites (N-methyl/N-ethyl adjacent to an activating group) is 1. The minimum absolute atomic E-state index is 0.0163. The standard InChI is InChI=1S/C28H37FN6O5/c1-3-22-27(38)34(2)23-16-30-28(33-25(23)35(22)18-6-4-5-7-18)32-21-15-20(29)19(14-24(21)40-13-10-36)26(37)31-17-8-11-39-12-9-17/h14-18,22,36H,3-13H2,1-2H3,(H,31,37)(H,30,32,33)/t22-/m1/s1. The molecule has 11 nitrogen and oxygen atoms in total. The van der Waals surface area contributed by atoms with E-state index < -0.39 is 11.7 Å². The fraction of sp³-hybridized carbons (Fsp3) is 0.571. The van der Waals surface area contributed by atoms with Crippen LogP contribution in [0.25, 0.3) is 0 Å². The lowest BCUT2D eigenvalue weighted by atomic mass is 10.0. The van der Waals surface area contributed by atoms with Gasteiger partial charge in [0.2, 0.25) is 11.9 Å². The Morgan fingerprint density at radius 3 is 2.67 bits per heavy atom. The summed E-state index contributed by atoms with van der Waals surface area (Å²) in [5.74, 6) is -0.218. The third-order valence-corrected chi connectivity index (χ3v) is 7.88. The van der Waals surface area contributed by atoms with Gasteiger partial charge in [0.1, 0.15) is 29.9 Å². The maximum Gasteiger partial charge on any atom is 0.254 e. The van der Waals surface area contributed by atoms with Crippen molar-refractivity contribution in [3.8, 4) is 5.75 Å². The molecule has 3 aliphatic rings. The molecule has 3 heterocycles. The van der Waals surface area contributed by atoms with Crippen LogP contribution in [0.5, 0.6) is 5.75 Å². The molecule has 0 radical (unpaired) electrons. The van der Waals surface area contributed by atoms with Gasteiger partial charge in [0.25, 0.3) is 5.91 Å². The third kappa shape index (κ3) is 5.68. The quantitative estimate of drug-likeness (QED) is 0.427. The molecule has 2 amide bonds. The molecule has 1 saturated carbocycles. The largest absolute Gasteiger partial charge is 0.489 e. The van der Waals surface area contributed by atoms with E-state index in [2.05, 4.69) is 20.5 Å². The van der Waals surface area contributed by atoms with E-state index in [1.807, 2.05) is 6.92 Å². The van der Waals surface area contributed by atoms with Gasteiger partial charge in [0.15, 0.2) is 5.82 Å². The summed E-state index contributed by atoms with van der Waals surface area (Å²) in [4.78, 5) is 39.0. The number of rotatable bonds is 9. The lowest BCUT2D eigenvalue weighted by Gasteiger charge is -2.43. The second-order valence-corrected chi connectivity index (χ2v) is 10.5. The minimum Gasteiger partial charge on any atom is -0.489 e. The number of halogens is 1. The number of hydrogen-bond acceptors (Lipinski definition) is 9. The van der Waals surface area contributed by atoms with Gasteiger partial charge < -0.3 is 35.0 Å². The lowest BCUT2D eigenvalue weighted by Crippen LogP contribution is -2.55. The minimum atomic E-state index is -0.731. The SMILES string of the molecule is CC[C@@H]1C(=O)N(C)c2cnc(Nc3cc(F)c(C(=O)NC4CCOCC4)cc3OCCO)nc2N1C1CCCC1. The zero-order valence-electron chi connectivity index (χ0n) is 23.0. The Hall–Kier alpha value is -3.51. The first-order chi connectivity index (χ1) is 19.4. The Balaban J connectivity index is 1.45. The fourth-order valence-corrected chi connectivity index (χ4v) is 5.77. The predicted octanol–water partition coefficient (Wildman–Crippen LogP) is 3.14. The number of aliphatic hydroxyl groups is 1. The summed E-state index contributed by atoms with van der Waals surface area (Å²) in [6.07, 6.45) is 7.74. The van der Waals surface area contributed by atoms with Crippen LogP contribution in [0, 0.1) is 5.82 Å². The highest BCUT2D eigenvalue weighted by atomic mass is 19.1. The van der Waals surface area contributed by atoms with Gasteiger partial charge in [-0.25, -0.2) is 9.37 Å². The summed E-state index contributed by atoms with van der Waals surface area (Å²) < 4.78 is 26.3. The van der Waals surface area contributed by atoms with E-state index in [0.29, 0.717) is 44.0 Å². The second-order valence-electron chi connectivity index (χ2n) is 10.5. The Kier molecular flexibility index (Phi) is 8.65. The van der Waals surface area contributed by atoms with E-state index in [1.54, 1.807) is 18.1 Å². The highest BCUT2D eigenvalue weighted by Crippen LogP contribution is 2.40. The van der Waals surface area contributed by atoms with Gasteiger partial charge in [0.05, 0.1) is 24.1 Å². The predicted molar refractivity (Wildman–Crippen MR) is 148 cm³/mol. The van der Waals surface area contributed by atoms with Crippen LogP contribution in [0.1, 0.15) is 62.2 Å².